The first-order chi connectivity index (χ1) is 9.26. The highest BCUT2D eigenvalue weighted by atomic mass is 16.5. The molecule has 0 aromatic carbocycles. The van der Waals surface area contributed by atoms with Crippen molar-refractivity contribution in [1.29, 1.82) is 0 Å². The molecule has 0 aliphatic heterocycles. The summed E-state index contributed by atoms with van der Waals surface area (Å²) in [6, 6.07) is 0. The van der Waals surface area contributed by atoms with Gasteiger partial charge in [0, 0.05) is 13.7 Å². The van der Waals surface area contributed by atoms with E-state index in [9.17, 15) is 0 Å². The quantitative estimate of drug-likeness (QED) is 0.446. The predicted octanol–water partition coefficient (Wildman–Crippen LogP) is 1.36. The molecule has 2 rings (SSSR count). The number of anilines is 1. The van der Waals surface area contributed by atoms with Crippen molar-refractivity contribution in [2.75, 3.05) is 12.0 Å². The molecule has 7 heteroatoms. The first kappa shape index (κ1) is 13.7. The maximum atomic E-state index is 5.56. The van der Waals surface area contributed by atoms with E-state index in [1.807, 2.05) is 7.05 Å². The first-order valence-corrected chi connectivity index (χ1v) is 6.49. The molecule has 0 radical (unpaired) electrons. The molecular weight excluding hydrogens is 244 g/mol. The number of hydrogen-bond donors (Lipinski definition) is 2. The molecule has 3 N–H and O–H groups in total. The maximum Gasteiger partial charge on any atom is 0.163 e. The van der Waals surface area contributed by atoms with Gasteiger partial charge in [-0.3, -0.25) is 4.68 Å². The number of nitrogen functional groups attached to an aromatic ring is 1. The Balaban J connectivity index is 2.08. The summed E-state index contributed by atoms with van der Waals surface area (Å²) in [5.41, 5.74) is 3.32. The average Bonchev–Trinajstić information content (AvgIpc) is 2.80. The van der Waals surface area contributed by atoms with Crippen molar-refractivity contribution in [2.45, 2.75) is 32.8 Å². The van der Waals surface area contributed by atoms with Crippen LogP contribution in [0.4, 0.5) is 5.82 Å². The van der Waals surface area contributed by atoms with Gasteiger partial charge in [0.1, 0.15) is 6.61 Å². The summed E-state index contributed by atoms with van der Waals surface area (Å²) in [7, 11) is 1.83. The van der Waals surface area contributed by atoms with Gasteiger partial charge in [-0.2, -0.15) is 5.10 Å². The van der Waals surface area contributed by atoms with E-state index in [0.717, 1.165) is 24.1 Å². The molecule has 0 aliphatic rings. The molecule has 0 saturated carbocycles. The molecule has 0 spiro atoms. The number of aromatic nitrogens is 4. The number of nitrogens with zero attached hydrogens (tertiary/aromatic N) is 4. The standard InChI is InChI=1S/C12H20N6O/c1-3-4-5-6-19-8-10-15-11(17-13)9-7-14-18(2)12(9)16-10/h7H,3-6,8,13H2,1-2H3,(H,15,16,17). The van der Waals surface area contributed by atoms with Gasteiger partial charge in [0.15, 0.2) is 17.3 Å². The van der Waals surface area contributed by atoms with Crippen molar-refractivity contribution in [3.8, 4) is 0 Å². The summed E-state index contributed by atoms with van der Waals surface area (Å²) in [5, 5.41) is 4.95. The zero-order valence-electron chi connectivity index (χ0n) is 11.4. The summed E-state index contributed by atoms with van der Waals surface area (Å²) >= 11 is 0. The Morgan fingerprint density at radius 3 is 2.95 bits per heavy atom. The van der Waals surface area contributed by atoms with Crippen LogP contribution < -0.4 is 11.3 Å². The van der Waals surface area contributed by atoms with Gasteiger partial charge in [-0.15, -0.1) is 0 Å². The van der Waals surface area contributed by atoms with E-state index in [1.54, 1.807) is 10.9 Å². The van der Waals surface area contributed by atoms with Crippen LogP contribution in [-0.4, -0.2) is 26.4 Å². The fraction of sp³-hybridized carbons (Fsp3) is 0.583. The Labute approximate surface area is 112 Å². The lowest BCUT2D eigenvalue weighted by Crippen LogP contribution is -2.12. The number of nitrogens with one attached hydrogen (secondary N) is 1. The number of aryl methyl sites for hydroxylation is 1. The lowest BCUT2D eigenvalue weighted by molar-refractivity contribution is 0.112. The van der Waals surface area contributed by atoms with Crippen LogP contribution in [0.5, 0.6) is 0 Å². The van der Waals surface area contributed by atoms with Crippen molar-refractivity contribution in [3.05, 3.63) is 12.0 Å². The molecule has 104 valence electrons. The van der Waals surface area contributed by atoms with E-state index in [-0.39, 0.29) is 0 Å². The van der Waals surface area contributed by atoms with Crippen molar-refractivity contribution < 1.29 is 4.74 Å². The lowest BCUT2D eigenvalue weighted by atomic mass is 10.3. The van der Waals surface area contributed by atoms with Gasteiger partial charge in [-0.25, -0.2) is 15.8 Å². The topological polar surface area (TPSA) is 90.9 Å². The molecule has 0 unspecified atom stereocenters. The summed E-state index contributed by atoms with van der Waals surface area (Å²) in [4.78, 5) is 8.75. The minimum absolute atomic E-state index is 0.388. The Bertz CT molecular complexity index is 538. The monoisotopic (exact) mass is 264 g/mol. The number of nitrogens with two attached hydrogens (primary N) is 1. The van der Waals surface area contributed by atoms with E-state index < -0.39 is 0 Å². The molecule has 2 aromatic heterocycles. The molecule has 0 aliphatic carbocycles. The third-order valence-corrected chi connectivity index (χ3v) is 2.90. The minimum Gasteiger partial charge on any atom is -0.373 e. The van der Waals surface area contributed by atoms with Crippen LogP contribution in [0.25, 0.3) is 11.0 Å². The lowest BCUT2D eigenvalue weighted by Gasteiger charge is -2.06. The van der Waals surface area contributed by atoms with Crippen LogP contribution in [0.1, 0.15) is 32.0 Å². The second-order valence-electron chi connectivity index (χ2n) is 4.40. The fourth-order valence-corrected chi connectivity index (χ4v) is 1.86. The van der Waals surface area contributed by atoms with Crippen molar-refractivity contribution in [3.63, 3.8) is 0 Å². The van der Waals surface area contributed by atoms with E-state index in [0.29, 0.717) is 18.2 Å². The van der Waals surface area contributed by atoms with Gasteiger partial charge in [0.05, 0.1) is 11.6 Å². The number of hydrazine groups is 1. The predicted molar refractivity (Wildman–Crippen MR) is 73.3 cm³/mol. The summed E-state index contributed by atoms with van der Waals surface area (Å²) in [5.74, 6) is 6.66. The number of unbranched alkanes of at least 4 members (excludes halogenated alkanes) is 2. The van der Waals surface area contributed by atoms with Crippen LogP contribution in [0, 0.1) is 0 Å². The molecule has 0 saturated heterocycles. The molecule has 7 nitrogen and oxygen atoms in total. The van der Waals surface area contributed by atoms with Crippen molar-refractivity contribution >= 4 is 16.9 Å². The number of ether oxygens (including phenoxy) is 1. The molecule has 2 heterocycles. The number of hydrogen-bond acceptors (Lipinski definition) is 6. The Morgan fingerprint density at radius 1 is 1.37 bits per heavy atom. The normalized spacial score (nSPS) is 11.1. The van der Waals surface area contributed by atoms with E-state index in [1.165, 1.54) is 12.8 Å². The highest BCUT2D eigenvalue weighted by Gasteiger charge is 2.10. The number of rotatable bonds is 7. The Morgan fingerprint density at radius 2 is 2.21 bits per heavy atom. The van der Waals surface area contributed by atoms with E-state index in [2.05, 4.69) is 27.4 Å². The minimum atomic E-state index is 0.388. The smallest absolute Gasteiger partial charge is 0.163 e. The zero-order chi connectivity index (χ0) is 13.7. The third kappa shape index (κ3) is 3.18. The van der Waals surface area contributed by atoms with Gasteiger partial charge >= 0.3 is 0 Å². The summed E-state index contributed by atoms with van der Waals surface area (Å²) in [6.45, 7) is 3.28. The average molecular weight is 264 g/mol. The zero-order valence-corrected chi connectivity index (χ0v) is 11.4. The van der Waals surface area contributed by atoms with Crippen LogP contribution in [-0.2, 0) is 18.4 Å². The van der Waals surface area contributed by atoms with Crippen LogP contribution in [0.3, 0.4) is 0 Å². The van der Waals surface area contributed by atoms with Gasteiger partial charge in [-0.05, 0) is 6.42 Å². The molecule has 0 atom stereocenters. The fourth-order valence-electron chi connectivity index (χ4n) is 1.86. The largest absolute Gasteiger partial charge is 0.373 e. The Kier molecular flexibility index (Phi) is 4.64. The van der Waals surface area contributed by atoms with E-state index >= 15 is 0 Å². The van der Waals surface area contributed by atoms with Crippen LogP contribution in [0.2, 0.25) is 0 Å². The second-order valence-corrected chi connectivity index (χ2v) is 4.40. The second kappa shape index (κ2) is 6.44. The van der Waals surface area contributed by atoms with Gasteiger partial charge in [-0.1, -0.05) is 19.8 Å². The summed E-state index contributed by atoms with van der Waals surface area (Å²) in [6.07, 6.45) is 5.11. The molecule has 0 bridgehead atoms. The number of fused-ring (bicyclic) bond motifs is 1. The SMILES string of the molecule is CCCCCOCc1nc(NN)c2cnn(C)c2n1. The highest BCUT2D eigenvalue weighted by molar-refractivity contribution is 5.86. The van der Waals surface area contributed by atoms with Gasteiger partial charge < -0.3 is 10.2 Å². The molecule has 2 aromatic rings. The molecular formula is C12H20N6O. The maximum absolute atomic E-state index is 5.56. The van der Waals surface area contributed by atoms with Gasteiger partial charge in [0.25, 0.3) is 0 Å². The van der Waals surface area contributed by atoms with Crippen molar-refractivity contribution in [2.24, 2.45) is 12.9 Å². The Hall–Kier alpha value is -1.73. The first-order valence-electron chi connectivity index (χ1n) is 6.49. The van der Waals surface area contributed by atoms with E-state index in [4.69, 9.17) is 10.6 Å². The van der Waals surface area contributed by atoms with Crippen molar-refractivity contribution in [1.82, 2.24) is 19.7 Å². The highest BCUT2D eigenvalue weighted by Crippen LogP contribution is 2.18. The summed E-state index contributed by atoms with van der Waals surface area (Å²) < 4.78 is 7.26. The molecule has 0 amide bonds. The van der Waals surface area contributed by atoms with Gasteiger partial charge in [0.2, 0.25) is 0 Å². The molecule has 19 heavy (non-hydrogen) atoms. The van der Waals surface area contributed by atoms with Crippen LogP contribution in [0.15, 0.2) is 6.20 Å². The molecule has 0 fully saturated rings. The van der Waals surface area contributed by atoms with Crippen LogP contribution >= 0.6 is 0 Å². The third-order valence-electron chi connectivity index (χ3n) is 2.90.